The Hall–Kier alpha value is -3.60. The SMILES string of the molecule is COc1c(C)cc(-c2ccc3nc(C(=O)NCc4ccccc4)cn3c2)cc1C. The van der Waals surface area contributed by atoms with E-state index in [1.54, 1.807) is 13.3 Å². The van der Waals surface area contributed by atoms with Crippen LogP contribution in [0.1, 0.15) is 27.2 Å². The highest BCUT2D eigenvalue weighted by molar-refractivity contribution is 5.92. The summed E-state index contributed by atoms with van der Waals surface area (Å²) in [6, 6.07) is 18.0. The number of methoxy groups -OCH3 is 1. The number of hydrogen-bond acceptors (Lipinski definition) is 3. The Kier molecular flexibility index (Phi) is 5.04. The van der Waals surface area contributed by atoms with E-state index in [1.165, 1.54) is 0 Å². The molecule has 0 spiro atoms. The number of aryl methyl sites for hydroxylation is 2. The lowest BCUT2D eigenvalue weighted by molar-refractivity contribution is 0.0946. The molecular weight excluding hydrogens is 362 g/mol. The van der Waals surface area contributed by atoms with E-state index in [2.05, 4.69) is 22.4 Å². The number of fused-ring (bicyclic) bond motifs is 1. The van der Waals surface area contributed by atoms with Crippen LogP contribution in [0.4, 0.5) is 0 Å². The topological polar surface area (TPSA) is 55.6 Å². The first-order valence-electron chi connectivity index (χ1n) is 9.51. The zero-order valence-electron chi connectivity index (χ0n) is 16.8. The van der Waals surface area contributed by atoms with Crippen molar-refractivity contribution in [2.24, 2.45) is 0 Å². The molecule has 0 unspecified atom stereocenters. The number of aromatic nitrogens is 2. The molecule has 0 radical (unpaired) electrons. The quantitative estimate of drug-likeness (QED) is 0.548. The van der Waals surface area contributed by atoms with Crippen LogP contribution in [0, 0.1) is 13.8 Å². The molecule has 0 saturated carbocycles. The van der Waals surface area contributed by atoms with E-state index in [-0.39, 0.29) is 5.91 Å². The zero-order chi connectivity index (χ0) is 20.4. The lowest BCUT2D eigenvalue weighted by atomic mass is 10.0. The Morgan fingerprint density at radius 2 is 1.72 bits per heavy atom. The smallest absolute Gasteiger partial charge is 0.271 e. The molecule has 0 fully saturated rings. The minimum absolute atomic E-state index is 0.185. The number of nitrogens with zero attached hydrogens (tertiary/aromatic N) is 2. The van der Waals surface area contributed by atoms with Gasteiger partial charge >= 0.3 is 0 Å². The van der Waals surface area contributed by atoms with Crippen LogP contribution in [0.5, 0.6) is 5.75 Å². The van der Waals surface area contributed by atoms with E-state index >= 15 is 0 Å². The molecule has 0 atom stereocenters. The number of carbonyl (C=O) groups excluding carboxylic acids is 1. The Morgan fingerprint density at radius 3 is 2.41 bits per heavy atom. The van der Waals surface area contributed by atoms with Gasteiger partial charge in [-0.15, -0.1) is 0 Å². The molecule has 0 saturated heterocycles. The van der Waals surface area contributed by atoms with Crippen molar-refractivity contribution in [1.29, 1.82) is 0 Å². The monoisotopic (exact) mass is 385 g/mol. The summed E-state index contributed by atoms with van der Waals surface area (Å²) in [4.78, 5) is 17.0. The minimum Gasteiger partial charge on any atom is -0.496 e. The maximum Gasteiger partial charge on any atom is 0.271 e. The van der Waals surface area contributed by atoms with Crippen LogP contribution in [-0.4, -0.2) is 22.4 Å². The number of amides is 1. The fourth-order valence-electron chi connectivity index (χ4n) is 3.58. The van der Waals surface area contributed by atoms with Crippen LogP contribution in [0.25, 0.3) is 16.8 Å². The molecular formula is C24H23N3O2. The third-order valence-electron chi connectivity index (χ3n) is 4.98. The fourth-order valence-corrected chi connectivity index (χ4v) is 3.58. The van der Waals surface area contributed by atoms with E-state index in [0.29, 0.717) is 12.2 Å². The van der Waals surface area contributed by atoms with E-state index in [9.17, 15) is 4.79 Å². The van der Waals surface area contributed by atoms with Crippen LogP contribution in [0.2, 0.25) is 0 Å². The van der Waals surface area contributed by atoms with Crippen LogP contribution < -0.4 is 10.1 Å². The predicted molar refractivity (Wildman–Crippen MR) is 114 cm³/mol. The summed E-state index contributed by atoms with van der Waals surface area (Å²) in [6.07, 6.45) is 3.76. The summed E-state index contributed by atoms with van der Waals surface area (Å²) in [5.41, 5.74) is 6.53. The van der Waals surface area contributed by atoms with E-state index < -0.39 is 0 Å². The highest BCUT2D eigenvalue weighted by atomic mass is 16.5. The second kappa shape index (κ2) is 7.80. The van der Waals surface area contributed by atoms with Crippen molar-refractivity contribution in [1.82, 2.24) is 14.7 Å². The molecule has 0 aliphatic carbocycles. The molecule has 2 aromatic carbocycles. The highest BCUT2D eigenvalue weighted by Crippen LogP contribution is 2.30. The van der Waals surface area contributed by atoms with Crippen molar-refractivity contribution in [2.75, 3.05) is 7.11 Å². The van der Waals surface area contributed by atoms with Crippen molar-refractivity contribution >= 4 is 11.6 Å². The van der Waals surface area contributed by atoms with Gasteiger partial charge < -0.3 is 14.5 Å². The van der Waals surface area contributed by atoms with Crippen molar-refractivity contribution in [3.63, 3.8) is 0 Å². The average Bonchev–Trinajstić information content (AvgIpc) is 3.16. The first-order chi connectivity index (χ1) is 14.0. The second-order valence-corrected chi connectivity index (χ2v) is 7.12. The van der Waals surface area contributed by atoms with Gasteiger partial charge in [0.15, 0.2) is 0 Å². The number of hydrogen-bond donors (Lipinski definition) is 1. The maximum atomic E-state index is 12.5. The summed E-state index contributed by atoms with van der Waals surface area (Å²) in [7, 11) is 1.69. The van der Waals surface area contributed by atoms with Gasteiger partial charge in [-0.05, 0) is 65.9 Å². The number of pyridine rings is 1. The average molecular weight is 385 g/mol. The van der Waals surface area contributed by atoms with Crippen molar-refractivity contribution in [2.45, 2.75) is 20.4 Å². The molecule has 0 aliphatic rings. The molecule has 2 aromatic heterocycles. The van der Waals surface area contributed by atoms with Gasteiger partial charge in [-0.2, -0.15) is 0 Å². The number of rotatable bonds is 5. The van der Waals surface area contributed by atoms with Crippen LogP contribution in [0.15, 0.2) is 67.0 Å². The van der Waals surface area contributed by atoms with Gasteiger partial charge in [0.05, 0.1) is 7.11 Å². The Morgan fingerprint density at radius 1 is 1.00 bits per heavy atom. The van der Waals surface area contributed by atoms with E-state index in [0.717, 1.165) is 39.2 Å². The third-order valence-corrected chi connectivity index (χ3v) is 4.98. The normalized spacial score (nSPS) is 10.9. The highest BCUT2D eigenvalue weighted by Gasteiger charge is 2.12. The molecule has 4 rings (SSSR count). The molecule has 5 heteroatoms. The number of nitrogens with one attached hydrogen (secondary N) is 1. The van der Waals surface area contributed by atoms with Crippen molar-refractivity contribution in [3.8, 4) is 16.9 Å². The molecule has 4 aromatic rings. The summed E-state index contributed by atoms with van der Waals surface area (Å²) < 4.78 is 7.35. The number of ether oxygens (including phenoxy) is 1. The maximum absolute atomic E-state index is 12.5. The van der Waals surface area contributed by atoms with Crippen LogP contribution in [-0.2, 0) is 6.54 Å². The van der Waals surface area contributed by atoms with Gasteiger partial charge in [0.2, 0.25) is 0 Å². The molecule has 1 amide bonds. The molecule has 2 heterocycles. The minimum atomic E-state index is -0.185. The van der Waals surface area contributed by atoms with E-state index in [1.807, 2.05) is 66.9 Å². The number of benzene rings is 2. The largest absolute Gasteiger partial charge is 0.496 e. The lowest BCUT2D eigenvalue weighted by Crippen LogP contribution is -2.23. The first-order valence-corrected chi connectivity index (χ1v) is 9.51. The Bertz CT molecular complexity index is 1160. The summed E-state index contributed by atoms with van der Waals surface area (Å²) in [6.45, 7) is 4.56. The van der Waals surface area contributed by atoms with Gasteiger partial charge in [-0.3, -0.25) is 4.79 Å². The van der Waals surface area contributed by atoms with Gasteiger partial charge in [-0.1, -0.05) is 30.3 Å². The van der Waals surface area contributed by atoms with Gasteiger partial charge in [0.25, 0.3) is 5.91 Å². The van der Waals surface area contributed by atoms with Gasteiger partial charge in [-0.25, -0.2) is 4.98 Å². The molecule has 29 heavy (non-hydrogen) atoms. The van der Waals surface area contributed by atoms with E-state index in [4.69, 9.17) is 4.74 Å². The molecule has 1 N–H and O–H groups in total. The Balaban J connectivity index is 1.58. The predicted octanol–water partition coefficient (Wildman–Crippen LogP) is 4.56. The molecule has 0 bridgehead atoms. The summed E-state index contributed by atoms with van der Waals surface area (Å²) >= 11 is 0. The molecule has 0 aliphatic heterocycles. The Labute approximate surface area is 170 Å². The molecule has 146 valence electrons. The van der Waals surface area contributed by atoms with Crippen LogP contribution >= 0.6 is 0 Å². The first kappa shape index (κ1) is 18.7. The van der Waals surface area contributed by atoms with Crippen molar-refractivity contribution < 1.29 is 9.53 Å². The second-order valence-electron chi connectivity index (χ2n) is 7.12. The summed E-state index contributed by atoms with van der Waals surface area (Å²) in [5.74, 6) is 0.727. The van der Waals surface area contributed by atoms with Crippen molar-refractivity contribution in [3.05, 3.63) is 89.4 Å². The number of imidazole rings is 1. The fraction of sp³-hybridized carbons (Fsp3) is 0.167. The third kappa shape index (κ3) is 3.85. The zero-order valence-corrected chi connectivity index (χ0v) is 16.8. The van der Waals surface area contributed by atoms with Crippen LogP contribution in [0.3, 0.4) is 0 Å². The lowest BCUT2D eigenvalue weighted by Gasteiger charge is -2.11. The van der Waals surface area contributed by atoms with Gasteiger partial charge in [0, 0.05) is 18.9 Å². The molecule has 5 nitrogen and oxygen atoms in total. The van der Waals surface area contributed by atoms with Gasteiger partial charge in [0.1, 0.15) is 17.1 Å². The standard InChI is InChI=1S/C24H23N3O2/c1-16-11-20(12-17(2)23(16)29-3)19-9-10-22-26-21(15-27(22)14-19)24(28)25-13-18-7-5-4-6-8-18/h4-12,14-15H,13H2,1-3H3,(H,25,28). The number of carbonyl (C=O) groups is 1. The summed E-state index contributed by atoms with van der Waals surface area (Å²) in [5, 5.41) is 2.92.